The van der Waals surface area contributed by atoms with E-state index in [1.165, 1.54) is 18.2 Å². The molecule has 0 bridgehead atoms. The van der Waals surface area contributed by atoms with E-state index in [1.54, 1.807) is 36.4 Å². The first-order valence-electron chi connectivity index (χ1n) is 9.99. The number of benzene rings is 4. The number of nitrogens with one attached hydrogen (secondary N) is 2. The Morgan fingerprint density at radius 2 is 1.63 bits per heavy atom. The van der Waals surface area contributed by atoms with Crippen molar-refractivity contribution >= 4 is 51.4 Å². The van der Waals surface area contributed by atoms with Crippen molar-refractivity contribution in [1.82, 2.24) is 0 Å². The van der Waals surface area contributed by atoms with E-state index in [9.17, 15) is 18.0 Å². The van der Waals surface area contributed by atoms with Crippen molar-refractivity contribution in [1.29, 1.82) is 5.26 Å². The number of alkyl halides is 3. The Hall–Kier alpha value is -3.93. The molecule has 0 radical (unpaired) electrons. The van der Waals surface area contributed by atoms with Crippen molar-refractivity contribution in [3.05, 3.63) is 94.0 Å². The molecule has 0 saturated carbocycles. The summed E-state index contributed by atoms with van der Waals surface area (Å²) in [5.74, 6) is 0.861. The van der Waals surface area contributed by atoms with Gasteiger partial charge >= 0.3 is 12.2 Å². The number of carbonyl (C=O) groups excluding carboxylic acids is 1. The number of hydrogen-bond donors (Lipinski definition) is 2. The molecule has 0 aromatic heterocycles. The smallest absolute Gasteiger partial charge is 0.417 e. The van der Waals surface area contributed by atoms with Gasteiger partial charge in [-0.25, -0.2) is 4.79 Å². The van der Waals surface area contributed by atoms with Gasteiger partial charge in [0.05, 0.1) is 26.9 Å². The summed E-state index contributed by atoms with van der Waals surface area (Å²) < 4.78 is 45.1. The van der Waals surface area contributed by atoms with Gasteiger partial charge < -0.3 is 15.4 Å². The highest BCUT2D eigenvalue weighted by Crippen LogP contribution is 2.36. The van der Waals surface area contributed by atoms with Gasteiger partial charge in [0.15, 0.2) is 0 Å². The van der Waals surface area contributed by atoms with Gasteiger partial charge in [0.2, 0.25) is 0 Å². The van der Waals surface area contributed by atoms with Crippen molar-refractivity contribution in [3.63, 3.8) is 0 Å². The maximum atomic E-state index is 13.1. The Bertz CT molecular complexity index is 1480. The van der Waals surface area contributed by atoms with Crippen LogP contribution in [-0.2, 0) is 6.18 Å². The number of amides is 2. The summed E-state index contributed by atoms with van der Waals surface area (Å²) in [6, 6.07) is 19.4. The number of fused-ring (bicyclic) bond motifs is 1. The molecule has 0 atom stereocenters. The van der Waals surface area contributed by atoms with Crippen LogP contribution in [0.25, 0.3) is 10.8 Å². The van der Waals surface area contributed by atoms with Gasteiger partial charge in [-0.15, -0.1) is 0 Å². The largest absolute Gasteiger partial charge is 0.457 e. The lowest BCUT2D eigenvalue weighted by Crippen LogP contribution is -2.20. The van der Waals surface area contributed by atoms with Crippen LogP contribution in [0.3, 0.4) is 0 Å². The number of halogens is 5. The van der Waals surface area contributed by atoms with Crippen LogP contribution in [0, 0.1) is 11.3 Å². The fourth-order valence-corrected chi connectivity index (χ4v) is 3.75. The number of rotatable bonds is 4. The maximum absolute atomic E-state index is 13.1. The fraction of sp³-hybridized carbons (Fsp3) is 0.0400. The topological polar surface area (TPSA) is 74.1 Å². The van der Waals surface area contributed by atoms with Gasteiger partial charge in [-0.1, -0.05) is 41.4 Å². The number of hydrogen-bond acceptors (Lipinski definition) is 3. The minimum Gasteiger partial charge on any atom is -0.457 e. The fourth-order valence-electron chi connectivity index (χ4n) is 3.32. The van der Waals surface area contributed by atoms with Gasteiger partial charge in [0.1, 0.15) is 17.6 Å². The first-order chi connectivity index (χ1) is 16.6. The van der Waals surface area contributed by atoms with Crippen LogP contribution in [0.15, 0.2) is 72.8 Å². The van der Waals surface area contributed by atoms with E-state index in [4.69, 9.17) is 33.2 Å². The minimum absolute atomic E-state index is 0.0684. The predicted molar refractivity (Wildman–Crippen MR) is 129 cm³/mol. The van der Waals surface area contributed by atoms with Gasteiger partial charge in [-0.2, -0.15) is 18.4 Å². The number of urea groups is 1. The summed E-state index contributed by atoms with van der Waals surface area (Å²) >= 11 is 11.7. The van der Waals surface area contributed by atoms with Crippen LogP contribution < -0.4 is 15.4 Å². The van der Waals surface area contributed by atoms with Crippen LogP contribution in [-0.4, -0.2) is 6.03 Å². The van der Waals surface area contributed by atoms with E-state index < -0.39 is 22.8 Å². The first kappa shape index (κ1) is 24.2. The number of anilines is 2. The molecular formula is C25H14Cl2F3N3O2. The normalized spacial score (nSPS) is 11.1. The molecule has 5 nitrogen and oxygen atoms in total. The quantitative estimate of drug-likeness (QED) is 0.286. The van der Waals surface area contributed by atoms with Crippen molar-refractivity contribution in [3.8, 4) is 17.6 Å². The molecule has 0 unspecified atom stereocenters. The first-order valence-corrected chi connectivity index (χ1v) is 10.7. The summed E-state index contributed by atoms with van der Waals surface area (Å²) in [7, 11) is 0. The van der Waals surface area contributed by atoms with Crippen LogP contribution in [0.4, 0.5) is 29.3 Å². The third-order valence-corrected chi connectivity index (χ3v) is 5.57. The van der Waals surface area contributed by atoms with E-state index in [0.29, 0.717) is 28.1 Å². The molecule has 10 heteroatoms. The van der Waals surface area contributed by atoms with Crippen molar-refractivity contribution in [2.24, 2.45) is 0 Å². The van der Waals surface area contributed by atoms with Gasteiger partial charge in [-0.05, 0) is 53.9 Å². The third-order valence-electron chi connectivity index (χ3n) is 4.93. The Morgan fingerprint density at radius 3 is 2.34 bits per heavy atom. The Balaban J connectivity index is 1.56. The standard InChI is InChI=1S/C25H14Cl2F3N3O2/c26-21-9-6-16(10-20(21)25(28,29)30)32-24(34)33-23-3-1-2-14-4-7-17(11-19(14)23)35-18-8-5-15(13-31)22(27)12-18/h1-12H,(H2,32,33,34). The third kappa shape index (κ3) is 5.60. The van der Waals surface area contributed by atoms with E-state index in [1.807, 2.05) is 12.1 Å². The molecule has 2 amide bonds. The summed E-state index contributed by atoms with van der Waals surface area (Å²) in [6.07, 6.45) is -4.66. The molecule has 0 fully saturated rings. The molecule has 35 heavy (non-hydrogen) atoms. The zero-order valence-electron chi connectivity index (χ0n) is 17.6. The Kier molecular flexibility index (Phi) is 6.74. The minimum atomic E-state index is -4.66. The Labute approximate surface area is 207 Å². The van der Waals surface area contributed by atoms with E-state index in [0.717, 1.165) is 17.5 Å². The molecular weight excluding hydrogens is 502 g/mol. The molecule has 0 spiro atoms. The average molecular weight is 516 g/mol. The highest BCUT2D eigenvalue weighted by atomic mass is 35.5. The number of nitriles is 1. The monoisotopic (exact) mass is 515 g/mol. The lowest BCUT2D eigenvalue weighted by atomic mass is 10.1. The lowest BCUT2D eigenvalue weighted by molar-refractivity contribution is -0.137. The second kappa shape index (κ2) is 9.74. The molecule has 4 aromatic rings. The molecule has 4 aromatic carbocycles. The molecule has 0 aliphatic rings. The molecule has 0 heterocycles. The number of ether oxygens (including phenoxy) is 1. The molecule has 0 aliphatic carbocycles. The summed E-state index contributed by atoms with van der Waals surface area (Å²) in [4.78, 5) is 12.5. The maximum Gasteiger partial charge on any atom is 0.417 e. The van der Waals surface area contributed by atoms with Gasteiger partial charge in [0.25, 0.3) is 0 Å². The second-order valence-corrected chi connectivity index (χ2v) is 8.13. The predicted octanol–water partition coefficient (Wildman–Crippen LogP) is 8.47. The van der Waals surface area contributed by atoms with Crippen molar-refractivity contribution < 1.29 is 22.7 Å². The van der Waals surface area contributed by atoms with E-state index in [2.05, 4.69) is 10.6 Å². The highest BCUT2D eigenvalue weighted by molar-refractivity contribution is 6.32. The van der Waals surface area contributed by atoms with Crippen molar-refractivity contribution in [2.45, 2.75) is 6.18 Å². The van der Waals surface area contributed by atoms with Crippen LogP contribution in [0.5, 0.6) is 11.5 Å². The second-order valence-electron chi connectivity index (χ2n) is 7.32. The zero-order chi connectivity index (χ0) is 25.2. The molecule has 2 N–H and O–H groups in total. The molecule has 176 valence electrons. The van der Waals surface area contributed by atoms with Gasteiger partial charge in [0, 0.05) is 17.1 Å². The SMILES string of the molecule is N#Cc1ccc(Oc2ccc3cccc(NC(=O)Nc4ccc(Cl)c(C(F)(F)F)c4)c3c2)cc1Cl. The summed E-state index contributed by atoms with van der Waals surface area (Å²) in [6.45, 7) is 0. The average Bonchev–Trinajstić information content (AvgIpc) is 2.80. The zero-order valence-corrected chi connectivity index (χ0v) is 19.1. The van der Waals surface area contributed by atoms with Crippen molar-refractivity contribution in [2.75, 3.05) is 10.6 Å². The number of carbonyl (C=O) groups is 1. The Morgan fingerprint density at radius 1 is 0.886 bits per heavy atom. The van der Waals surface area contributed by atoms with Crippen LogP contribution in [0.2, 0.25) is 10.0 Å². The molecule has 4 rings (SSSR count). The summed E-state index contributed by atoms with van der Waals surface area (Å²) in [5.41, 5.74) is -0.389. The van der Waals surface area contributed by atoms with E-state index in [-0.39, 0.29) is 10.7 Å². The molecule has 0 saturated heterocycles. The lowest BCUT2D eigenvalue weighted by Gasteiger charge is -2.14. The molecule has 0 aliphatic heterocycles. The van der Waals surface area contributed by atoms with Crippen LogP contribution >= 0.6 is 23.2 Å². The van der Waals surface area contributed by atoms with Crippen LogP contribution in [0.1, 0.15) is 11.1 Å². The van der Waals surface area contributed by atoms with E-state index >= 15 is 0 Å². The highest BCUT2D eigenvalue weighted by Gasteiger charge is 2.33. The van der Waals surface area contributed by atoms with Gasteiger partial charge in [-0.3, -0.25) is 0 Å². The summed E-state index contributed by atoms with van der Waals surface area (Å²) in [5, 5.41) is 15.2. The number of nitrogens with zero attached hydrogens (tertiary/aromatic N) is 1.